The van der Waals surface area contributed by atoms with Crippen molar-refractivity contribution < 1.29 is 17.9 Å². The van der Waals surface area contributed by atoms with Crippen LogP contribution in [0.3, 0.4) is 0 Å². The third kappa shape index (κ3) is 4.45. The van der Waals surface area contributed by atoms with Crippen LogP contribution in [-0.4, -0.2) is 29.2 Å². The number of hydrogen-bond donors (Lipinski definition) is 1. The van der Waals surface area contributed by atoms with Gasteiger partial charge in [-0.3, -0.25) is 0 Å². The molecule has 0 radical (unpaired) electrons. The van der Waals surface area contributed by atoms with Gasteiger partial charge in [0.2, 0.25) is 10.0 Å². The first-order valence-corrected chi connectivity index (χ1v) is 9.47. The van der Waals surface area contributed by atoms with Gasteiger partial charge in [0.05, 0.1) is 17.0 Å². The van der Waals surface area contributed by atoms with E-state index in [9.17, 15) is 8.42 Å². The lowest BCUT2D eigenvalue weighted by Gasteiger charge is -2.15. The fourth-order valence-electron chi connectivity index (χ4n) is 2.01. The van der Waals surface area contributed by atoms with E-state index in [1.165, 1.54) is 25.3 Å². The first-order valence-electron chi connectivity index (χ1n) is 6.79. The molecule has 0 saturated heterocycles. The summed E-state index contributed by atoms with van der Waals surface area (Å²) in [7, 11) is -0.654. The van der Waals surface area contributed by atoms with Crippen LogP contribution in [0.5, 0.6) is 5.75 Å². The zero-order chi connectivity index (χ0) is 17.0. The van der Waals surface area contributed by atoms with Gasteiger partial charge in [-0.25, -0.2) is 13.1 Å². The summed E-state index contributed by atoms with van der Waals surface area (Å²) >= 11 is 7.56. The summed E-state index contributed by atoms with van der Waals surface area (Å²) in [6.45, 7) is 2.13. The molecule has 1 aromatic heterocycles. The van der Waals surface area contributed by atoms with Gasteiger partial charge in [-0.15, -0.1) is 11.3 Å². The lowest BCUT2D eigenvalue weighted by molar-refractivity contribution is 0.110. The maximum atomic E-state index is 12.4. The fraction of sp³-hybridized carbons (Fsp3) is 0.333. The molecule has 2 rings (SSSR count). The number of sulfonamides is 1. The van der Waals surface area contributed by atoms with E-state index < -0.39 is 10.0 Å². The first kappa shape index (κ1) is 18.2. The van der Waals surface area contributed by atoms with Gasteiger partial charge >= 0.3 is 0 Å². The van der Waals surface area contributed by atoms with Gasteiger partial charge < -0.3 is 9.47 Å². The van der Waals surface area contributed by atoms with Gasteiger partial charge in [-0.05, 0) is 37.3 Å². The number of ether oxygens (including phenoxy) is 2. The summed E-state index contributed by atoms with van der Waals surface area (Å²) < 4.78 is 37.7. The molecule has 0 spiro atoms. The van der Waals surface area contributed by atoms with Crippen molar-refractivity contribution in [3.05, 3.63) is 45.1 Å². The molecule has 1 N–H and O–H groups in total. The van der Waals surface area contributed by atoms with E-state index in [-0.39, 0.29) is 22.6 Å². The van der Waals surface area contributed by atoms with Gasteiger partial charge in [0.25, 0.3) is 0 Å². The average molecular weight is 376 g/mol. The summed E-state index contributed by atoms with van der Waals surface area (Å²) in [5.74, 6) is 0.425. The van der Waals surface area contributed by atoms with E-state index in [0.29, 0.717) is 5.75 Å². The van der Waals surface area contributed by atoms with Crippen LogP contribution >= 0.6 is 22.9 Å². The number of methoxy groups -OCH3 is 2. The molecule has 5 nitrogen and oxygen atoms in total. The summed E-state index contributed by atoms with van der Waals surface area (Å²) in [4.78, 5) is 2.20. The molecule has 1 heterocycles. The van der Waals surface area contributed by atoms with E-state index in [1.54, 1.807) is 18.4 Å². The number of thiophene rings is 1. The number of rotatable bonds is 7. The largest absolute Gasteiger partial charge is 0.495 e. The third-order valence-electron chi connectivity index (χ3n) is 3.26. The zero-order valence-corrected chi connectivity index (χ0v) is 15.4. The summed E-state index contributed by atoms with van der Waals surface area (Å²) in [6.07, 6.45) is -0.336. The molecule has 0 fully saturated rings. The van der Waals surface area contributed by atoms with Crippen LogP contribution in [0, 0.1) is 6.92 Å². The highest BCUT2D eigenvalue weighted by Crippen LogP contribution is 2.28. The second kappa shape index (κ2) is 7.63. The van der Waals surface area contributed by atoms with Crippen molar-refractivity contribution in [3.8, 4) is 5.75 Å². The molecule has 0 saturated carbocycles. The van der Waals surface area contributed by atoms with Crippen LogP contribution in [0.2, 0.25) is 5.02 Å². The van der Waals surface area contributed by atoms with Crippen molar-refractivity contribution in [2.24, 2.45) is 0 Å². The van der Waals surface area contributed by atoms with Gasteiger partial charge in [-0.1, -0.05) is 11.6 Å². The second-order valence-corrected chi connectivity index (χ2v) is 8.31. The predicted molar refractivity (Wildman–Crippen MR) is 92.0 cm³/mol. The molecule has 0 aliphatic heterocycles. The van der Waals surface area contributed by atoms with E-state index in [1.807, 2.05) is 19.1 Å². The quantitative estimate of drug-likeness (QED) is 0.805. The molecule has 0 aliphatic carbocycles. The zero-order valence-electron chi connectivity index (χ0n) is 13.0. The molecule has 0 amide bonds. The molecule has 0 aliphatic rings. The molecular weight excluding hydrogens is 358 g/mol. The number of benzene rings is 1. The Kier molecular flexibility index (Phi) is 6.05. The van der Waals surface area contributed by atoms with Gasteiger partial charge in [-0.2, -0.15) is 0 Å². The molecule has 2 aromatic rings. The average Bonchev–Trinajstić information content (AvgIpc) is 2.94. The van der Waals surface area contributed by atoms with Crippen molar-refractivity contribution >= 4 is 33.0 Å². The summed E-state index contributed by atoms with van der Waals surface area (Å²) in [5.41, 5.74) is 0. The topological polar surface area (TPSA) is 64.6 Å². The highest BCUT2D eigenvalue weighted by atomic mass is 35.5. The standard InChI is InChI=1S/C15H18ClNO4S2/c1-10-4-7-15(22-10)14(21-3)9-17-23(18,19)11-5-6-13(20-2)12(16)8-11/h4-8,14,17H,9H2,1-3H3/t14-/m0/s1. The lowest BCUT2D eigenvalue weighted by Crippen LogP contribution is -2.29. The highest BCUT2D eigenvalue weighted by Gasteiger charge is 2.20. The van der Waals surface area contributed by atoms with Crippen LogP contribution in [-0.2, 0) is 14.8 Å². The molecular formula is C15H18ClNO4S2. The highest BCUT2D eigenvalue weighted by molar-refractivity contribution is 7.89. The Bertz CT molecular complexity index is 774. The van der Waals surface area contributed by atoms with Gasteiger partial charge in [0.1, 0.15) is 11.9 Å². The predicted octanol–water partition coefficient (Wildman–Crippen LogP) is 3.38. The minimum atomic E-state index is -3.68. The Labute approximate surface area is 145 Å². The maximum Gasteiger partial charge on any atom is 0.240 e. The van der Waals surface area contributed by atoms with Crippen molar-refractivity contribution in [1.29, 1.82) is 0 Å². The Balaban J connectivity index is 2.13. The van der Waals surface area contributed by atoms with Gasteiger partial charge in [0.15, 0.2) is 0 Å². The normalized spacial score (nSPS) is 13.0. The van der Waals surface area contributed by atoms with E-state index in [4.69, 9.17) is 21.1 Å². The molecule has 8 heteroatoms. The van der Waals surface area contributed by atoms with Gasteiger partial charge in [0, 0.05) is 23.4 Å². The molecule has 0 bridgehead atoms. The van der Waals surface area contributed by atoms with Crippen molar-refractivity contribution in [1.82, 2.24) is 4.72 Å². The van der Waals surface area contributed by atoms with Crippen LogP contribution in [0.15, 0.2) is 35.2 Å². The Morgan fingerprint density at radius 2 is 2.00 bits per heavy atom. The smallest absolute Gasteiger partial charge is 0.240 e. The molecule has 23 heavy (non-hydrogen) atoms. The number of nitrogens with one attached hydrogen (secondary N) is 1. The second-order valence-electron chi connectivity index (χ2n) is 4.82. The first-order chi connectivity index (χ1) is 10.9. The lowest BCUT2D eigenvalue weighted by atomic mass is 10.3. The minimum absolute atomic E-state index is 0.0838. The monoisotopic (exact) mass is 375 g/mol. The number of halogens is 1. The number of hydrogen-bond acceptors (Lipinski definition) is 5. The third-order valence-corrected chi connectivity index (χ3v) is 6.06. The van der Waals surface area contributed by atoms with Crippen LogP contribution in [0.4, 0.5) is 0 Å². The van der Waals surface area contributed by atoms with E-state index in [0.717, 1.165) is 9.75 Å². The van der Waals surface area contributed by atoms with Crippen LogP contribution in [0.25, 0.3) is 0 Å². The minimum Gasteiger partial charge on any atom is -0.495 e. The SMILES string of the molecule is COc1ccc(S(=O)(=O)NC[C@H](OC)c2ccc(C)s2)cc1Cl. The van der Waals surface area contributed by atoms with E-state index >= 15 is 0 Å². The van der Waals surface area contributed by atoms with Crippen molar-refractivity contribution in [3.63, 3.8) is 0 Å². The molecule has 1 aromatic carbocycles. The molecule has 126 valence electrons. The van der Waals surface area contributed by atoms with Crippen molar-refractivity contribution in [2.45, 2.75) is 17.9 Å². The van der Waals surface area contributed by atoms with Crippen LogP contribution < -0.4 is 9.46 Å². The van der Waals surface area contributed by atoms with E-state index in [2.05, 4.69) is 4.72 Å². The molecule has 0 unspecified atom stereocenters. The fourth-order valence-corrected chi connectivity index (χ4v) is 4.34. The Morgan fingerprint density at radius 3 is 2.52 bits per heavy atom. The summed E-state index contributed by atoms with van der Waals surface area (Å²) in [6, 6.07) is 8.24. The maximum absolute atomic E-state index is 12.4. The number of aryl methyl sites for hydroxylation is 1. The van der Waals surface area contributed by atoms with Crippen LogP contribution in [0.1, 0.15) is 15.9 Å². The molecule has 1 atom stereocenters. The Hall–Kier alpha value is -1.12. The summed E-state index contributed by atoms with van der Waals surface area (Å²) in [5, 5.41) is 0.243. The van der Waals surface area contributed by atoms with Crippen molar-refractivity contribution in [2.75, 3.05) is 20.8 Å². The Morgan fingerprint density at radius 1 is 1.26 bits per heavy atom.